The molecule has 0 bridgehead atoms. The number of aromatic nitrogens is 3. The summed E-state index contributed by atoms with van der Waals surface area (Å²) in [5.74, 6) is 0.222. The quantitative estimate of drug-likeness (QED) is 0.766. The van der Waals surface area contributed by atoms with Crippen LogP contribution in [-0.4, -0.2) is 23.4 Å². The fourth-order valence-electron chi connectivity index (χ4n) is 1.63. The smallest absolute Gasteiger partial charge is 0.250 e. The Labute approximate surface area is 118 Å². The van der Waals surface area contributed by atoms with Crippen LogP contribution < -0.4 is 9.44 Å². The molecule has 0 saturated carbocycles. The number of nitrogens with one attached hydrogen (secondary N) is 2. The first-order valence-electron chi connectivity index (χ1n) is 5.54. The second-order valence-electron chi connectivity index (χ2n) is 3.78. The van der Waals surface area contributed by atoms with Crippen molar-refractivity contribution >= 4 is 43.4 Å². The SMILES string of the molecule is O=S(=O)(Nc1nccs1)Nc1ncnc2ccccc12. The molecule has 0 atom stereocenters. The maximum Gasteiger partial charge on any atom is 0.324 e. The zero-order valence-corrected chi connectivity index (χ0v) is 11.6. The number of rotatable bonds is 4. The van der Waals surface area contributed by atoms with E-state index in [9.17, 15) is 8.42 Å². The summed E-state index contributed by atoms with van der Waals surface area (Å²) in [5, 5.41) is 2.59. The first-order chi connectivity index (χ1) is 9.64. The van der Waals surface area contributed by atoms with Gasteiger partial charge in [0.15, 0.2) is 10.9 Å². The highest BCUT2D eigenvalue weighted by molar-refractivity contribution is 7.94. The van der Waals surface area contributed by atoms with E-state index in [1.165, 1.54) is 23.9 Å². The summed E-state index contributed by atoms with van der Waals surface area (Å²) < 4.78 is 28.7. The summed E-state index contributed by atoms with van der Waals surface area (Å²) in [6, 6.07) is 7.14. The van der Waals surface area contributed by atoms with Crippen LogP contribution in [0, 0.1) is 0 Å². The molecule has 0 amide bonds. The van der Waals surface area contributed by atoms with Gasteiger partial charge < -0.3 is 0 Å². The molecule has 0 aliphatic rings. The Bertz CT molecular complexity index is 828. The van der Waals surface area contributed by atoms with E-state index < -0.39 is 10.2 Å². The Morgan fingerprint density at radius 1 is 1.05 bits per heavy atom. The Morgan fingerprint density at radius 2 is 1.90 bits per heavy atom. The third-order valence-corrected chi connectivity index (χ3v) is 4.17. The number of hydrogen-bond donors (Lipinski definition) is 2. The molecular formula is C11H9N5O2S2. The second-order valence-corrected chi connectivity index (χ2v) is 6.09. The minimum absolute atomic E-state index is 0.222. The normalized spacial score (nSPS) is 11.4. The van der Waals surface area contributed by atoms with Crippen LogP contribution in [0.2, 0.25) is 0 Å². The molecule has 2 N–H and O–H groups in total. The Morgan fingerprint density at radius 3 is 2.70 bits per heavy atom. The molecule has 9 heteroatoms. The lowest BCUT2D eigenvalue weighted by molar-refractivity contribution is 0.606. The van der Waals surface area contributed by atoms with Crippen molar-refractivity contribution in [3.05, 3.63) is 42.2 Å². The van der Waals surface area contributed by atoms with Crippen molar-refractivity contribution in [3.8, 4) is 0 Å². The average molecular weight is 307 g/mol. The summed E-state index contributed by atoms with van der Waals surface area (Å²) in [6.07, 6.45) is 2.83. The van der Waals surface area contributed by atoms with E-state index in [1.807, 2.05) is 6.07 Å². The van der Waals surface area contributed by atoms with Crippen LogP contribution in [0.3, 0.4) is 0 Å². The molecule has 0 unspecified atom stereocenters. The lowest BCUT2D eigenvalue weighted by atomic mass is 10.2. The number of fused-ring (bicyclic) bond motifs is 1. The van der Waals surface area contributed by atoms with E-state index in [4.69, 9.17) is 0 Å². The Balaban J connectivity index is 1.93. The van der Waals surface area contributed by atoms with Gasteiger partial charge in [-0.25, -0.2) is 24.4 Å². The fourth-order valence-corrected chi connectivity index (χ4v) is 3.27. The lowest BCUT2D eigenvalue weighted by Crippen LogP contribution is -2.22. The number of hydrogen-bond acceptors (Lipinski definition) is 6. The molecule has 20 heavy (non-hydrogen) atoms. The van der Waals surface area contributed by atoms with E-state index in [2.05, 4.69) is 24.4 Å². The molecule has 3 rings (SSSR count). The molecule has 0 spiro atoms. The predicted molar refractivity (Wildman–Crippen MR) is 77.8 cm³/mol. The highest BCUT2D eigenvalue weighted by Crippen LogP contribution is 2.20. The van der Waals surface area contributed by atoms with Crippen LogP contribution in [0.5, 0.6) is 0 Å². The number of para-hydroxylation sites is 1. The monoisotopic (exact) mass is 307 g/mol. The number of thiazole rings is 1. The number of anilines is 2. The van der Waals surface area contributed by atoms with Gasteiger partial charge >= 0.3 is 10.2 Å². The van der Waals surface area contributed by atoms with E-state index in [-0.39, 0.29) is 10.9 Å². The molecule has 0 saturated heterocycles. The van der Waals surface area contributed by atoms with Crippen molar-refractivity contribution in [2.45, 2.75) is 0 Å². The van der Waals surface area contributed by atoms with Gasteiger partial charge in [-0.05, 0) is 12.1 Å². The molecule has 7 nitrogen and oxygen atoms in total. The summed E-state index contributed by atoms with van der Waals surface area (Å²) in [6.45, 7) is 0. The topological polar surface area (TPSA) is 96.9 Å². The van der Waals surface area contributed by atoms with Crippen molar-refractivity contribution in [2.24, 2.45) is 0 Å². The standard InChI is InChI=1S/C11H9N5O2S2/c17-20(18,16-11-12-5-6-19-11)15-10-8-3-1-2-4-9(8)13-7-14-10/h1-7H,(H,12,16)(H,13,14,15). The van der Waals surface area contributed by atoms with Gasteiger partial charge in [0, 0.05) is 17.0 Å². The van der Waals surface area contributed by atoms with Crippen LogP contribution in [0.1, 0.15) is 0 Å². The average Bonchev–Trinajstić information content (AvgIpc) is 2.91. The molecule has 3 aromatic rings. The third kappa shape index (κ3) is 2.68. The maximum atomic E-state index is 12.0. The molecular weight excluding hydrogens is 298 g/mol. The number of nitrogens with zero attached hydrogens (tertiary/aromatic N) is 3. The van der Waals surface area contributed by atoms with Crippen LogP contribution in [0.25, 0.3) is 10.9 Å². The largest absolute Gasteiger partial charge is 0.324 e. The van der Waals surface area contributed by atoms with Gasteiger partial charge in [-0.2, -0.15) is 8.42 Å². The van der Waals surface area contributed by atoms with Crippen molar-refractivity contribution in [1.29, 1.82) is 0 Å². The lowest BCUT2D eigenvalue weighted by Gasteiger charge is -2.09. The van der Waals surface area contributed by atoms with Crippen molar-refractivity contribution < 1.29 is 8.42 Å². The second kappa shape index (κ2) is 5.02. The van der Waals surface area contributed by atoms with E-state index in [1.54, 1.807) is 23.6 Å². The molecule has 0 fully saturated rings. The van der Waals surface area contributed by atoms with Crippen LogP contribution in [0.15, 0.2) is 42.2 Å². The maximum absolute atomic E-state index is 12.0. The molecule has 1 aromatic carbocycles. The first-order valence-corrected chi connectivity index (χ1v) is 7.90. The molecule has 0 radical (unpaired) electrons. The van der Waals surface area contributed by atoms with Crippen molar-refractivity contribution in [3.63, 3.8) is 0 Å². The highest BCUT2D eigenvalue weighted by atomic mass is 32.2. The van der Waals surface area contributed by atoms with Gasteiger partial charge in [-0.3, -0.25) is 0 Å². The molecule has 2 heterocycles. The minimum atomic E-state index is -3.79. The van der Waals surface area contributed by atoms with Gasteiger partial charge in [0.1, 0.15) is 6.33 Å². The third-order valence-electron chi connectivity index (χ3n) is 2.43. The van der Waals surface area contributed by atoms with Crippen molar-refractivity contribution in [2.75, 3.05) is 9.44 Å². The Kier molecular flexibility index (Phi) is 3.20. The van der Waals surface area contributed by atoms with Crippen molar-refractivity contribution in [1.82, 2.24) is 15.0 Å². The van der Waals surface area contributed by atoms with E-state index >= 15 is 0 Å². The molecule has 0 aliphatic heterocycles. The zero-order valence-electron chi connectivity index (χ0n) is 10.0. The van der Waals surface area contributed by atoms with Gasteiger partial charge in [-0.15, -0.1) is 11.3 Å². The van der Waals surface area contributed by atoms with Gasteiger partial charge in [-0.1, -0.05) is 12.1 Å². The molecule has 2 aromatic heterocycles. The van der Waals surface area contributed by atoms with Gasteiger partial charge in [0.2, 0.25) is 0 Å². The van der Waals surface area contributed by atoms with Crippen LogP contribution >= 0.6 is 11.3 Å². The first kappa shape index (κ1) is 12.8. The summed E-state index contributed by atoms with van der Waals surface area (Å²) in [4.78, 5) is 11.9. The van der Waals surface area contributed by atoms with E-state index in [0.717, 1.165) is 0 Å². The predicted octanol–water partition coefficient (Wildman–Crippen LogP) is 1.86. The summed E-state index contributed by atoms with van der Waals surface area (Å²) in [5.41, 5.74) is 0.662. The van der Waals surface area contributed by atoms with Crippen LogP contribution in [0.4, 0.5) is 10.9 Å². The minimum Gasteiger partial charge on any atom is -0.250 e. The van der Waals surface area contributed by atoms with Crippen LogP contribution in [-0.2, 0) is 10.2 Å². The molecule has 102 valence electrons. The Hall–Kier alpha value is -2.26. The number of benzene rings is 1. The van der Waals surface area contributed by atoms with Gasteiger partial charge in [0.25, 0.3) is 0 Å². The summed E-state index contributed by atoms with van der Waals surface area (Å²) in [7, 11) is -3.79. The zero-order chi connectivity index (χ0) is 14.0. The molecule has 0 aliphatic carbocycles. The highest BCUT2D eigenvalue weighted by Gasteiger charge is 2.14. The fraction of sp³-hybridized carbons (Fsp3) is 0. The van der Waals surface area contributed by atoms with Gasteiger partial charge in [0.05, 0.1) is 5.52 Å². The van der Waals surface area contributed by atoms with E-state index in [0.29, 0.717) is 10.9 Å². The summed E-state index contributed by atoms with van der Waals surface area (Å²) >= 11 is 1.19.